The molecule has 5 rings (SSSR count). The van der Waals surface area contributed by atoms with Gasteiger partial charge in [0, 0.05) is 57.4 Å². The maximum absolute atomic E-state index is 15.0. The van der Waals surface area contributed by atoms with E-state index in [1.807, 2.05) is 11.0 Å². The van der Waals surface area contributed by atoms with E-state index in [9.17, 15) is 14.4 Å². The molecule has 0 saturated carbocycles. The molecule has 1 N–H and O–H groups in total. The molecule has 178 valence electrons. The fourth-order valence-corrected chi connectivity index (χ4v) is 4.76. The maximum atomic E-state index is 15.0. The molecule has 0 spiro atoms. The lowest BCUT2D eigenvalue weighted by molar-refractivity contribution is -0.136. The zero-order valence-electron chi connectivity index (χ0n) is 18.8. The molecule has 34 heavy (non-hydrogen) atoms. The number of halogens is 1. The zero-order valence-corrected chi connectivity index (χ0v) is 18.8. The summed E-state index contributed by atoms with van der Waals surface area (Å²) in [7, 11) is 1.53. The first-order valence-electron chi connectivity index (χ1n) is 11.2. The molecule has 1 unspecified atom stereocenters. The number of nitrogens with one attached hydrogen (secondary N) is 1. The first-order chi connectivity index (χ1) is 16.4. The van der Waals surface area contributed by atoms with Crippen molar-refractivity contribution in [1.29, 1.82) is 0 Å². The molecule has 1 atom stereocenters. The Hall–Kier alpha value is -3.60. The second-order valence-corrected chi connectivity index (χ2v) is 8.66. The number of nitrogens with zero attached hydrogens (tertiary/aromatic N) is 5. The third kappa shape index (κ3) is 4.18. The van der Waals surface area contributed by atoms with E-state index in [4.69, 9.17) is 4.74 Å². The second-order valence-electron chi connectivity index (χ2n) is 8.66. The highest BCUT2D eigenvalue weighted by Crippen LogP contribution is 2.33. The summed E-state index contributed by atoms with van der Waals surface area (Å²) in [5.74, 6) is -1.64. The molecule has 0 bridgehead atoms. The van der Waals surface area contributed by atoms with Crippen LogP contribution in [0, 0.1) is 5.82 Å². The maximum Gasteiger partial charge on any atom is 0.316 e. The molecule has 11 heteroatoms. The lowest BCUT2D eigenvalue weighted by Gasteiger charge is -2.36. The van der Waals surface area contributed by atoms with Gasteiger partial charge in [-0.05, 0) is 30.2 Å². The summed E-state index contributed by atoms with van der Waals surface area (Å²) in [6, 6.07) is 4.46. The summed E-state index contributed by atoms with van der Waals surface area (Å²) in [5.41, 5.74) is 2.29. The van der Waals surface area contributed by atoms with Crippen LogP contribution < -0.4 is 15.0 Å². The van der Waals surface area contributed by atoms with Gasteiger partial charge in [0.1, 0.15) is 11.9 Å². The van der Waals surface area contributed by atoms with Crippen LogP contribution in [0.15, 0.2) is 24.4 Å². The fourth-order valence-electron chi connectivity index (χ4n) is 4.76. The number of piperidine rings is 1. The van der Waals surface area contributed by atoms with Gasteiger partial charge in [-0.25, -0.2) is 9.37 Å². The van der Waals surface area contributed by atoms with E-state index in [1.165, 1.54) is 18.1 Å². The van der Waals surface area contributed by atoms with Gasteiger partial charge in [0.15, 0.2) is 0 Å². The van der Waals surface area contributed by atoms with E-state index < -0.39 is 17.8 Å². The van der Waals surface area contributed by atoms with Crippen LogP contribution >= 0.6 is 0 Å². The van der Waals surface area contributed by atoms with Crippen LogP contribution in [0.1, 0.15) is 34.5 Å². The summed E-state index contributed by atoms with van der Waals surface area (Å²) in [5, 5.41) is 2.28. The average molecular weight is 468 g/mol. The van der Waals surface area contributed by atoms with Gasteiger partial charge in [-0.1, -0.05) is 0 Å². The van der Waals surface area contributed by atoms with Crippen molar-refractivity contribution >= 4 is 23.4 Å². The normalized spacial score (nSPS) is 21.0. The number of piperazine rings is 1. The number of carbonyl (C=O) groups is 3. The number of rotatable bonds is 5. The summed E-state index contributed by atoms with van der Waals surface area (Å²) in [6.45, 7) is 3.58. The molecule has 2 aromatic rings. The van der Waals surface area contributed by atoms with Gasteiger partial charge < -0.3 is 14.5 Å². The summed E-state index contributed by atoms with van der Waals surface area (Å²) < 4.78 is 20.1. The van der Waals surface area contributed by atoms with Crippen molar-refractivity contribution in [2.45, 2.75) is 32.0 Å². The molecule has 4 heterocycles. The lowest BCUT2D eigenvalue weighted by atomic mass is 10.0. The first kappa shape index (κ1) is 22.2. The highest BCUT2D eigenvalue weighted by Gasteiger charge is 2.40. The predicted molar refractivity (Wildman–Crippen MR) is 119 cm³/mol. The van der Waals surface area contributed by atoms with Gasteiger partial charge in [-0.15, -0.1) is 0 Å². The number of ether oxygens (including phenoxy) is 1. The number of hydrogen-bond donors (Lipinski definition) is 1. The van der Waals surface area contributed by atoms with Crippen molar-refractivity contribution in [2.24, 2.45) is 0 Å². The smallest absolute Gasteiger partial charge is 0.316 e. The number of carbonyl (C=O) groups excluding carboxylic acids is 3. The van der Waals surface area contributed by atoms with Crippen molar-refractivity contribution in [1.82, 2.24) is 25.1 Å². The monoisotopic (exact) mass is 468 g/mol. The van der Waals surface area contributed by atoms with Crippen molar-refractivity contribution in [3.8, 4) is 6.01 Å². The van der Waals surface area contributed by atoms with Gasteiger partial charge in [0.2, 0.25) is 11.8 Å². The molecule has 0 radical (unpaired) electrons. The minimum Gasteiger partial charge on any atom is -0.467 e. The van der Waals surface area contributed by atoms with Crippen LogP contribution in [0.5, 0.6) is 6.01 Å². The Bertz CT molecular complexity index is 1150. The molecular weight excluding hydrogens is 443 g/mol. The first-order valence-corrected chi connectivity index (χ1v) is 11.2. The number of hydrogen-bond acceptors (Lipinski definition) is 8. The van der Waals surface area contributed by atoms with E-state index in [2.05, 4.69) is 20.2 Å². The largest absolute Gasteiger partial charge is 0.467 e. The van der Waals surface area contributed by atoms with Crippen LogP contribution in [-0.4, -0.2) is 76.8 Å². The van der Waals surface area contributed by atoms with Gasteiger partial charge in [0.05, 0.1) is 18.5 Å². The SMILES string of the molecule is COc1nccc(CN2CCN(c3cc4c(cc3F)C(=O)N(C3CCC(=O)NC3=O)C4)CC2)n1. The van der Waals surface area contributed by atoms with Crippen LogP contribution in [0.25, 0.3) is 0 Å². The predicted octanol–water partition coefficient (Wildman–Crippen LogP) is 0.708. The van der Waals surface area contributed by atoms with Gasteiger partial charge in [-0.3, -0.25) is 24.6 Å². The molecule has 3 aliphatic heterocycles. The van der Waals surface area contributed by atoms with E-state index in [-0.39, 0.29) is 36.8 Å². The summed E-state index contributed by atoms with van der Waals surface area (Å²) in [4.78, 5) is 50.6. The minimum atomic E-state index is -0.715. The van der Waals surface area contributed by atoms with E-state index in [0.29, 0.717) is 36.9 Å². The van der Waals surface area contributed by atoms with Crippen molar-refractivity contribution < 1.29 is 23.5 Å². The van der Waals surface area contributed by atoms with Crippen molar-refractivity contribution in [2.75, 3.05) is 38.2 Å². The number of imide groups is 1. The number of anilines is 1. The molecule has 2 saturated heterocycles. The Morgan fingerprint density at radius 2 is 1.97 bits per heavy atom. The number of benzene rings is 1. The van der Waals surface area contributed by atoms with Gasteiger partial charge in [0.25, 0.3) is 5.91 Å². The minimum absolute atomic E-state index is 0.183. The molecule has 3 amide bonds. The molecular formula is C23H25FN6O4. The third-order valence-corrected chi connectivity index (χ3v) is 6.56. The van der Waals surface area contributed by atoms with E-state index in [0.717, 1.165) is 18.8 Å². The number of methoxy groups -OCH3 is 1. The Morgan fingerprint density at radius 3 is 2.71 bits per heavy atom. The van der Waals surface area contributed by atoms with E-state index in [1.54, 1.807) is 12.3 Å². The number of fused-ring (bicyclic) bond motifs is 1. The van der Waals surface area contributed by atoms with Gasteiger partial charge >= 0.3 is 6.01 Å². The highest BCUT2D eigenvalue weighted by atomic mass is 19.1. The van der Waals surface area contributed by atoms with Crippen LogP contribution in [0.2, 0.25) is 0 Å². The topological polar surface area (TPSA) is 108 Å². The Balaban J connectivity index is 1.26. The van der Waals surface area contributed by atoms with Crippen LogP contribution in [-0.2, 0) is 22.7 Å². The van der Waals surface area contributed by atoms with E-state index >= 15 is 4.39 Å². The summed E-state index contributed by atoms with van der Waals surface area (Å²) in [6.07, 6.45) is 2.12. The molecule has 1 aromatic heterocycles. The molecule has 2 fully saturated rings. The number of amides is 3. The lowest BCUT2D eigenvalue weighted by Crippen LogP contribution is -2.52. The third-order valence-electron chi connectivity index (χ3n) is 6.56. The quantitative estimate of drug-likeness (QED) is 0.640. The van der Waals surface area contributed by atoms with Crippen LogP contribution in [0.3, 0.4) is 0 Å². The average Bonchev–Trinajstić information content (AvgIpc) is 3.14. The second kappa shape index (κ2) is 8.98. The summed E-state index contributed by atoms with van der Waals surface area (Å²) >= 11 is 0. The number of aromatic nitrogens is 2. The molecule has 1 aromatic carbocycles. The Kier molecular flexibility index (Phi) is 5.86. The highest BCUT2D eigenvalue weighted by molar-refractivity contribution is 6.05. The fraction of sp³-hybridized carbons (Fsp3) is 0.435. The molecule has 0 aliphatic carbocycles. The Morgan fingerprint density at radius 1 is 1.18 bits per heavy atom. The standard InChI is InChI=1S/C23H25FN6O4/c1-34-23-25-5-4-15(26-23)13-28-6-8-29(9-7-28)19-10-14-12-30(22(33)16(14)11-17(19)24)18-2-3-20(31)27-21(18)32/h4-5,10-11,18H,2-3,6-9,12-13H2,1H3,(H,27,31,32). The van der Waals surface area contributed by atoms with Crippen LogP contribution in [0.4, 0.5) is 10.1 Å². The Labute approximate surface area is 195 Å². The van der Waals surface area contributed by atoms with Crippen molar-refractivity contribution in [3.63, 3.8) is 0 Å². The van der Waals surface area contributed by atoms with Gasteiger partial charge in [-0.2, -0.15) is 4.98 Å². The molecule has 10 nitrogen and oxygen atoms in total. The van der Waals surface area contributed by atoms with Crippen molar-refractivity contribution in [3.05, 3.63) is 47.0 Å². The molecule has 3 aliphatic rings. The zero-order chi connectivity index (χ0) is 23.8.